The number of rotatable bonds is 4. The van der Waals surface area contributed by atoms with Crippen molar-refractivity contribution in [2.75, 3.05) is 0 Å². The van der Waals surface area contributed by atoms with E-state index in [1.807, 2.05) is 54.6 Å². The Balaban J connectivity index is 1.87. The molecule has 0 atom stereocenters. The number of para-hydroxylation sites is 2. The molecule has 6 nitrogen and oxygen atoms in total. The molecule has 0 fully saturated rings. The highest BCUT2D eigenvalue weighted by Gasteiger charge is 2.13. The van der Waals surface area contributed by atoms with Gasteiger partial charge in [-0.15, -0.1) is 0 Å². The number of fused-ring (bicyclic) bond motifs is 1. The van der Waals surface area contributed by atoms with Gasteiger partial charge in [0.25, 0.3) is 11.2 Å². The first kappa shape index (κ1) is 16.7. The SMILES string of the molecule is O=c1c(-c2ccccc2)nc2ccccc2n1Cc1ccc([N+](=O)[O-])cc1. The summed E-state index contributed by atoms with van der Waals surface area (Å²) < 4.78 is 1.66. The fourth-order valence-electron chi connectivity index (χ4n) is 3.04. The van der Waals surface area contributed by atoms with Crippen LogP contribution >= 0.6 is 0 Å². The molecular weight excluding hydrogens is 342 g/mol. The van der Waals surface area contributed by atoms with E-state index in [1.165, 1.54) is 12.1 Å². The predicted molar refractivity (Wildman–Crippen MR) is 104 cm³/mol. The Morgan fingerprint density at radius 3 is 2.26 bits per heavy atom. The van der Waals surface area contributed by atoms with E-state index in [0.717, 1.165) is 22.2 Å². The van der Waals surface area contributed by atoms with E-state index >= 15 is 0 Å². The fraction of sp³-hybridized carbons (Fsp3) is 0.0476. The smallest absolute Gasteiger partial charge is 0.277 e. The van der Waals surface area contributed by atoms with E-state index in [4.69, 9.17) is 0 Å². The molecule has 3 aromatic carbocycles. The van der Waals surface area contributed by atoms with Crippen LogP contribution in [0.25, 0.3) is 22.3 Å². The van der Waals surface area contributed by atoms with Gasteiger partial charge < -0.3 is 4.57 Å². The van der Waals surface area contributed by atoms with E-state index in [-0.39, 0.29) is 11.2 Å². The lowest BCUT2D eigenvalue weighted by atomic mass is 10.1. The molecule has 0 saturated heterocycles. The van der Waals surface area contributed by atoms with Crippen LogP contribution in [0.1, 0.15) is 5.56 Å². The van der Waals surface area contributed by atoms with Crippen molar-refractivity contribution in [1.29, 1.82) is 0 Å². The van der Waals surface area contributed by atoms with Crippen molar-refractivity contribution in [1.82, 2.24) is 9.55 Å². The van der Waals surface area contributed by atoms with E-state index in [0.29, 0.717) is 12.2 Å². The summed E-state index contributed by atoms with van der Waals surface area (Å²) in [6.45, 7) is 0.305. The summed E-state index contributed by atoms with van der Waals surface area (Å²) in [7, 11) is 0. The zero-order chi connectivity index (χ0) is 18.8. The quantitative estimate of drug-likeness (QED) is 0.408. The molecule has 0 saturated carbocycles. The minimum atomic E-state index is -0.439. The van der Waals surface area contributed by atoms with E-state index in [9.17, 15) is 14.9 Å². The van der Waals surface area contributed by atoms with Crippen molar-refractivity contribution < 1.29 is 4.92 Å². The van der Waals surface area contributed by atoms with Gasteiger partial charge in [0.15, 0.2) is 0 Å². The molecule has 4 aromatic rings. The summed E-state index contributed by atoms with van der Waals surface area (Å²) in [4.78, 5) is 28.1. The Morgan fingerprint density at radius 1 is 0.889 bits per heavy atom. The molecule has 1 aromatic heterocycles. The van der Waals surface area contributed by atoms with E-state index in [1.54, 1.807) is 16.7 Å². The van der Waals surface area contributed by atoms with Gasteiger partial charge in [0.1, 0.15) is 5.69 Å². The Kier molecular flexibility index (Phi) is 4.22. The normalized spacial score (nSPS) is 10.8. The molecule has 4 rings (SSSR count). The van der Waals surface area contributed by atoms with Crippen molar-refractivity contribution in [2.24, 2.45) is 0 Å². The predicted octanol–water partition coefficient (Wildman–Crippen LogP) is 4.02. The number of nitro groups is 1. The van der Waals surface area contributed by atoms with Crippen LogP contribution in [0.15, 0.2) is 83.7 Å². The third-order valence-corrected chi connectivity index (χ3v) is 4.39. The summed E-state index contributed by atoms with van der Waals surface area (Å²) in [5, 5.41) is 10.8. The number of hydrogen-bond acceptors (Lipinski definition) is 4. The molecule has 0 N–H and O–H groups in total. The first-order valence-corrected chi connectivity index (χ1v) is 8.42. The lowest BCUT2D eigenvalue weighted by molar-refractivity contribution is -0.384. The molecule has 1 heterocycles. The molecule has 0 aliphatic carbocycles. The zero-order valence-electron chi connectivity index (χ0n) is 14.3. The second-order valence-electron chi connectivity index (χ2n) is 6.13. The lowest BCUT2D eigenvalue weighted by Gasteiger charge is -2.12. The number of benzene rings is 3. The van der Waals surface area contributed by atoms with Crippen molar-refractivity contribution in [3.8, 4) is 11.3 Å². The molecule has 0 amide bonds. The maximum absolute atomic E-state index is 13.2. The summed E-state index contributed by atoms with van der Waals surface area (Å²) >= 11 is 0. The Bertz CT molecular complexity index is 1180. The summed E-state index contributed by atoms with van der Waals surface area (Å²) in [5.41, 5.74) is 3.22. The maximum Gasteiger partial charge on any atom is 0.277 e. The van der Waals surface area contributed by atoms with Gasteiger partial charge in [-0.1, -0.05) is 54.6 Å². The van der Waals surface area contributed by atoms with Crippen molar-refractivity contribution in [3.05, 3.63) is 105 Å². The molecule has 27 heavy (non-hydrogen) atoms. The van der Waals surface area contributed by atoms with Gasteiger partial charge in [-0.2, -0.15) is 0 Å². The molecular formula is C21H15N3O3. The van der Waals surface area contributed by atoms with Crippen molar-refractivity contribution in [3.63, 3.8) is 0 Å². The number of nitrogens with zero attached hydrogens (tertiary/aromatic N) is 3. The highest BCUT2D eigenvalue weighted by atomic mass is 16.6. The van der Waals surface area contributed by atoms with Gasteiger partial charge in [0.05, 0.1) is 22.5 Å². The topological polar surface area (TPSA) is 78.0 Å². The van der Waals surface area contributed by atoms with Crippen LogP contribution in [0.4, 0.5) is 5.69 Å². The fourth-order valence-corrected chi connectivity index (χ4v) is 3.04. The van der Waals surface area contributed by atoms with Crippen LogP contribution in [-0.4, -0.2) is 14.5 Å². The van der Waals surface area contributed by atoms with Gasteiger partial charge in [-0.3, -0.25) is 14.9 Å². The Hall–Kier alpha value is -3.80. The molecule has 0 radical (unpaired) electrons. The maximum atomic E-state index is 13.2. The van der Waals surface area contributed by atoms with Crippen molar-refractivity contribution in [2.45, 2.75) is 6.54 Å². The van der Waals surface area contributed by atoms with Crippen LogP contribution < -0.4 is 5.56 Å². The average Bonchev–Trinajstić information content (AvgIpc) is 2.71. The molecule has 0 aliphatic heterocycles. The van der Waals surface area contributed by atoms with Gasteiger partial charge >= 0.3 is 0 Å². The summed E-state index contributed by atoms with van der Waals surface area (Å²) in [6, 6.07) is 23.0. The van der Waals surface area contributed by atoms with E-state index in [2.05, 4.69) is 4.98 Å². The number of nitro benzene ring substituents is 1. The number of non-ortho nitro benzene ring substituents is 1. The lowest BCUT2D eigenvalue weighted by Crippen LogP contribution is -2.24. The first-order valence-electron chi connectivity index (χ1n) is 8.42. The highest BCUT2D eigenvalue weighted by molar-refractivity contribution is 5.77. The van der Waals surface area contributed by atoms with Gasteiger partial charge in [-0.25, -0.2) is 4.98 Å². The molecule has 132 valence electrons. The van der Waals surface area contributed by atoms with E-state index < -0.39 is 4.92 Å². The standard InChI is InChI=1S/C21H15N3O3/c25-21-20(16-6-2-1-3-7-16)22-18-8-4-5-9-19(18)23(21)14-15-10-12-17(13-11-15)24(26)27/h1-13H,14H2. The number of aromatic nitrogens is 2. The third-order valence-electron chi connectivity index (χ3n) is 4.39. The van der Waals surface area contributed by atoms with Crippen LogP contribution in [0.5, 0.6) is 0 Å². The van der Waals surface area contributed by atoms with Gasteiger partial charge in [-0.05, 0) is 17.7 Å². The average molecular weight is 357 g/mol. The molecule has 0 aliphatic rings. The number of hydrogen-bond donors (Lipinski definition) is 0. The van der Waals surface area contributed by atoms with Gasteiger partial charge in [0, 0.05) is 17.7 Å². The minimum Gasteiger partial charge on any atom is -0.300 e. The van der Waals surface area contributed by atoms with Crippen LogP contribution in [0, 0.1) is 10.1 Å². The molecule has 0 spiro atoms. The highest BCUT2D eigenvalue weighted by Crippen LogP contribution is 2.19. The molecule has 6 heteroatoms. The zero-order valence-corrected chi connectivity index (χ0v) is 14.3. The third kappa shape index (κ3) is 3.20. The van der Waals surface area contributed by atoms with Crippen LogP contribution in [0.2, 0.25) is 0 Å². The summed E-state index contributed by atoms with van der Waals surface area (Å²) in [6.07, 6.45) is 0. The monoisotopic (exact) mass is 357 g/mol. The Labute approximate surface area is 154 Å². The van der Waals surface area contributed by atoms with Crippen LogP contribution in [0.3, 0.4) is 0 Å². The largest absolute Gasteiger partial charge is 0.300 e. The Morgan fingerprint density at radius 2 is 1.56 bits per heavy atom. The van der Waals surface area contributed by atoms with Gasteiger partial charge in [0.2, 0.25) is 0 Å². The molecule has 0 bridgehead atoms. The minimum absolute atomic E-state index is 0.0238. The molecule has 0 unspecified atom stereocenters. The van der Waals surface area contributed by atoms with Crippen molar-refractivity contribution >= 4 is 16.7 Å². The summed E-state index contributed by atoms with van der Waals surface area (Å²) in [5.74, 6) is 0. The second kappa shape index (κ2) is 6.84. The van der Waals surface area contributed by atoms with Crippen LogP contribution in [-0.2, 0) is 6.54 Å². The first-order chi connectivity index (χ1) is 13.1. The second-order valence-corrected chi connectivity index (χ2v) is 6.13.